The van der Waals surface area contributed by atoms with Crippen molar-refractivity contribution in [2.75, 3.05) is 20.5 Å². The van der Waals surface area contributed by atoms with Crippen LogP contribution in [0.2, 0.25) is 0 Å². The van der Waals surface area contributed by atoms with Crippen molar-refractivity contribution in [3.63, 3.8) is 0 Å². The largest absolute Gasteiger partial charge is 0.466 e. The zero-order chi connectivity index (χ0) is 12.4. The first-order chi connectivity index (χ1) is 7.63. The van der Waals surface area contributed by atoms with Crippen molar-refractivity contribution in [2.45, 2.75) is 25.9 Å². The van der Waals surface area contributed by atoms with Crippen LogP contribution in [0.3, 0.4) is 0 Å². The van der Waals surface area contributed by atoms with Crippen molar-refractivity contribution >= 4 is 11.8 Å². The summed E-state index contributed by atoms with van der Waals surface area (Å²) in [6, 6.07) is 0. The van der Waals surface area contributed by atoms with E-state index in [0.717, 1.165) is 0 Å². The average Bonchev–Trinajstić information content (AvgIpc) is 2.26. The fraction of sp³-hybridized carbons (Fsp3) is 0.636. The summed E-state index contributed by atoms with van der Waals surface area (Å²) in [6.45, 7) is 5.42. The average molecular weight is 230 g/mol. The lowest BCUT2D eigenvalue weighted by Crippen LogP contribution is -2.23. The Morgan fingerprint density at radius 3 is 2.56 bits per heavy atom. The van der Waals surface area contributed by atoms with Crippen molar-refractivity contribution < 1.29 is 23.8 Å². The Morgan fingerprint density at radius 1 is 1.38 bits per heavy atom. The lowest BCUT2D eigenvalue weighted by Gasteiger charge is -2.14. The summed E-state index contributed by atoms with van der Waals surface area (Å²) in [5.74, 6) is -0.564. The second-order valence-electron chi connectivity index (χ2n) is 3.08. The number of hydrogen-bond acceptors (Lipinski definition) is 5. The third-order valence-electron chi connectivity index (χ3n) is 1.78. The van der Waals surface area contributed by atoms with Crippen LogP contribution < -0.4 is 0 Å². The van der Waals surface area contributed by atoms with Crippen LogP contribution in [0, 0.1) is 0 Å². The topological polar surface area (TPSA) is 61.8 Å². The van der Waals surface area contributed by atoms with E-state index in [-0.39, 0.29) is 31.4 Å². The van der Waals surface area contributed by atoms with E-state index >= 15 is 0 Å². The molecule has 0 radical (unpaired) electrons. The molecule has 0 aromatic carbocycles. The highest BCUT2D eigenvalue weighted by atomic mass is 16.7. The molecule has 0 rings (SSSR count). The van der Waals surface area contributed by atoms with Gasteiger partial charge >= 0.3 is 5.97 Å². The van der Waals surface area contributed by atoms with Crippen LogP contribution in [0.4, 0.5) is 0 Å². The highest BCUT2D eigenvalue weighted by Crippen LogP contribution is 2.07. The Labute approximate surface area is 95.4 Å². The molecule has 0 bridgehead atoms. The Hall–Kier alpha value is -1.20. The monoisotopic (exact) mass is 230 g/mol. The molecular weight excluding hydrogens is 212 g/mol. The van der Waals surface area contributed by atoms with Gasteiger partial charge in [0, 0.05) is 13.5 Å². The highest BCUT2D eigenvalue weighted by molar-refractivity contribution is 5.89. The number of rotatable bonds is 9. The summed E-state index contributed by atoms with van der Waals surface area (Å²) in [4.78, 5) is 22.3. The van der Waals surface area contributed by atoms with E-state index in [2.05, 4.69) is 6.58 Å². The van der Waals surface area contributed by atoms with Crippen LogP contribution in [0.1, 0.15) is 19.8 Å². The molecule has 0 aromatic heterocycles. The fourth-order valence-electron chi connectivity index (χ4n) is 1.07. The fourth-order valence-corrected chi connectivity index (χ4v) is 1.07. The van der Waals surface area contributed by atoms with E-state index in [4.69, 9.17) is 14.2 Å². The van der Waals surface area contributed by atoms with Gasteiger partial charge in [0.15, 0.2) is 5.78 Å². The van der Waals surface area contributed by atoms with Crippen LogP contribution in [0.15, 0.2) is 12.7 Å². The van der Waals surface area contributed by atoms with Gasteiger partial charge in [-0.2, -0.15) is 0 Å². The van der Waals surface area contributed by atoms with Crippen LogP contribution in [0.5, 0.6) is 0 Å². The smallest absolute Gasteiger partial charge is 0.308 e. The zero-order valence-corrected chi connectivity index (χ0v) is 9.73. The molecule has 0 amide bonds. The third kappa shape index (κ3) is 7.14. The third-order valence-corrected chi connectivity index (χ3v) is 1.78. The van der Waals surface area contributed by atoms with Gasteiger partial charge in [0.2, 0.25) is 0 Å². The molecule has 0 aromatic rings. The molecular formula is C11H18O5. The maximum atomic E-state index is 11.2. The van der Waals surface area contributed by atoms with Crippen molar-refractivity contribution in [1.82, 2.24) is 0 Å². The molecule has 0 saturated heterocycles. The molecule has 0 saturated carbocycles. The van der Waals surface area contributed by atoms with E-state index in [1.807, 2.05) is 0 Å². The van der Waals surface area contributed by atoms with Gasteiger partial charge in [-0.3, -0.25) is 9.59 Å². The van der Waals surface area contributed by atoms with E-state index < -0.39 is 6.10 Å². The number of allylic oxidation sites excluding steroid dienone is 1. The van der Waals surface area contributed by atoms with Crippen molar-refractivity contribution in [3.05, 3.63) is 12.7 Å². The zero-order valence-electron chi connectivity index (χ0n) is 9.73. The molecule has 0 aliphatic heterocycles. The Morgan fingerprint density at radius 2 is 2.06 bits per heavy atom. The molecule has 5 nitrogen and oxygen atoms in total. The molecule has 16 heavy (non-hydrogen) atoms. The van der Waals surface area contributed by atoms with Gasteiger partial charge < -0.3 is 14.2 Å². The quantitative estimate of drug-likeness (QED) is 0.337. The Bertz CT molecular complexity index is 237. The van der Waals surface area contributed by atoms with Crippen molar-refractivity contribution in [2.24, 2.45) is 0 Å². The molecule has 5 heteroatoms. The molecule has 0 spiro atoms. The number of methoxy groups -OCH3 is 1. The lowest BCUT2D eigenvalue weighted by molar-refractivity contribution is -0.149. The second-order valence-corrected chi connectivity index (χ2v) is 3.08. The molecule has 92 valence electrons. The Kier molecular flexibility index (Phi) is 8.38. The summed E-state index contributed by atoms with van der Waals surface area (Å²) in [5, 5.41) is 0. The second kappa shape index (κ2) is 9.06. The number of ether oxygens (including phenoxy) is 3. The van der Waals surface area contributed by atoms with Gasteiger partial charge in [-0.05, 0) is 13.0 Å². The summed E-state index contributed by atoms with van der Waals surface area (Å²) in [7, 11) is 1.47. The molecule has 0 N–H and O–H groups in total. The molecule has 1 unspecified atom stereocenters. The normalized spacial score (nSPS) is 11.9. The van der Waals surface area contributed by atoms with Gasteiger partial charge in [0.1, 0.15) is 6.79 Å². The predicted molar refractivity (Wildman–Crippen MR) is 57.8 cm³/mol. The number of esters is 1. The van der Waals surface area contributed by atoms with E-state index in [9.17, 15) is 9.59 Å². The molecule has 0 heterocycles. The minimum absolute atomic E-state index is 0.0362. The van der Waals surface area contributed by atoms with Gasteiger partial charge in [-0.25, -0.2) is 0 Å². The van der Waals surface area contributed by atoms with Crippen LogP contribution in [-0.2, 0) is 23.8 Å². The van der Waals surface area contributed by atoms with Crippen LogP contribution >= 0.6 is 0 Å². The first-order valence-electron chi connectivity index (χ1n) is 5.05. The summed E-state index contributed by atoms with van der Waals surface area (Å²) < 4.78 is 14.7. The summed E-state index contributed by atoms with van der Waals surface area (Å²) >= 11 is 0. The molecule has 0 aliphatic rings. The van der Waals surface area contributed by atoms with E-state index in [1.54, 1.807) is 6.92 Å². The first kappa shape index (κ1) is 14.8. The number of carbonyl (C=O) groups excluding carboxylic acids is 2. The highest BCUT2D eigenvalue weighted by Gasteiger charge is 2.17. The molecule has 0 aliphatic carbocycles. The molecule has 0 fully saturated rings. The van der Waals surface area contributed by atoms with Gasteiger partial charge in [-0.15, -0.1) is 0 Å². The van der Waals surface area contributed by atoms with Crippen LogP contribution in [-0.4, -0.2) is 38.4 Å². The van der Waals surface area contributed by atoms with Crippen molar-refractivity contribution in [3.8, 4) is 0 Å². The minimum atomic E-state index is -0.524. The first-order valence-corrected chi connectivity index (χ1v) is 5.05. The van der Waals surface area contributed by atoms with Gasteiger partial charge in [-0.1, -0.05) is 6.58 Å². The number of carbonyl (C=O) groups is 2. The Balaban J connectivity index is 4.13. The van der Waals surface area contributed by atoms with Gasteiger partial charge in [0.25, 0.3) is 0 Å². The lowest BCUT2D eigenvalue weighted by atomic mass is 10.1. The number of ketones is 1. The van der Waals surface area contributed by atoms with Crippen LogP contribution in [0.25, 0.3) is 0 Å². The van der Waals surface area contributed by atoms with Crippen molar-refractivity contribution in [1.29, 1.82) is 0 Å². The van der Waals surface area contributed by atoms with E-state index in [0.29, 0.717) is 6.61 Å². The number of hydrogen-bond donors (Lipinski definition) is 0. The predicted octanol–water partition coefficient (Wildman–Crippen LogP) is 1.07. The van der Waals surface area contributed by atoms with Gasteiger partial charge in [0.05, 0.1) is 19.1 Å². The summed E-state index contributed by atoms with van der Waals surface area (Å²) in [5.41, 5.74) is 0. The minimum Gasteiger partial charge on any atom is -0.466 e. The molecule has 1 atom stereocenters. The summed E-state index contributed by atoms with van der Waals surface area (Å²) in [6.07, 6.45) is 0.820. The van der Waals surface area contributed by atoms with E-state index in [1.165, 1.54) is 13.2 Å². The maximum absolute atomic E-state index is 11.2. The standard InChI is InChI=1S/C11H18O5/c1-4-9(12)6-10(16-8-14-3)7-11(13)15-5-2/h4,10H,1,5-8H2,2-3H3. The SMILES string of the molecule is C=CC(=O)CC(CC(=O)OCC)OCOC. The maximum Gasteiger partial charge on any atom is 0.308 e.